The molecule has 180 valence electrons. The molecule has 0 aliphatic carbocycles. The number of aromatic nitrogens is 3. The van der Waals surface area contributed by atoms with Crippen LogP contribution in [0.4, 0.5) is 4.39 Å². The van der Waals surface area contributed by atoms with Crippen LogP contribution in [-0.2, 0) is 4.79 Å². The predicted molar refractivity (Wildman–Crippen MR) is 134 cm³/mol. The van der Waals surface area contributed by atoms with Crippen molar-refractivity contribution in [3.8, 4) is 5.69 Å². The highest BCUT2D eigenvalue weighted by molar-refractivity contribution is 7.99. The lowest BCUT2D eigenvalue weighted by atomic mass is 10.1. The summed E-state index contributed by atoms with van der Waals surface area (Å²) in [4.78, 5) is 17.2. The van der Waals surface area contributed by atoms with Crippen LogP contribution in [0.15, 0.2) is 59.8 Å². The monoisotopic (exact) mass is 481 g/mol. The largest absolute Gasteiger partial charge is 0.338 e. The summed E-state index contributed by atoms with van der Waals surface area (Å²) in [6.45, 7) is 6.22. The maximum absolute atomic E-state index is 13.6. The maximum atomic E-state index is 13.6. The van der Waals surface area contributed by atoms with Crippen LogP contribution >= 0.6 is 11.8 Å². The van der Waals surface area contributed by atoms with Gasteiger partial charge in [0.1, 0.15) is 5.82 Å². The average molecular weight is 482 g/mol. The van der Waals surface area contributed by atoms with Crippen molar-refractivity contribution in [2.45, 2.75) is 50.4 Å². The topological polar surface area (TPSA) is 54.3 Å². The van der Waals surface area contributed by atoms with Crippen LogP contribution in [0.3, 0.4) is 0 Å². The zero-order chi connectivity index (χ0) is 24.1. The zero-order valence-corrected chi connectivity index (χ0v) is 20.8. The van der Waals surface area contributed by atoms with E-state index in [1.807, 2.05) is 48.9 Å². The summed E-state index contributed by atoms with van der Waals surface area (Å²) in [7, 11) is 1.83. The van der Waals surface area contributed by atoms with Crippen molar-refractivity contribution < 1.29 is 9.18 Å². The van der Waals surface area contributed by atoms with Crippen LogP contribution in [0.2, 0.25) is 0 Å². The molecule has 1 fully saturated rings. The quantitative estimate of drug-likeness (QED) is 0.411. The van der Waals surface area contributed by atoms with Crippen LogP contribution in [-0.4, -0.2) is 56.4 Å². The first-order chi connectivity index (χ1) is 16.5. The predicted octanol–water partition coefficient (Wildman–Crippen LogP) is 5.27. The summed E-state index contributed by atoms with van der Waals surface area (Å²) < 4.78 is 15.6. The highest BCUT2D eigenvalue weighted by Crippen LogP contribution is 2.30. The third-order valence-electron chi connectivity index (χ3n) is 6.64. The third kappa shape index (κ3) is 5.50. The van der Waals surface area contributed by atoms with Gasteiger partial charge in [0.25, 0.3) is 0 Å². The van der Waals surface area contributed by atoms with Crippen molar-refractivity contribution in [2.75, 3.05) is 25.9 Å². The summed E-state index contributed by atoms with van der Waals surface area (Å²) in [5.41, 5.74) is 1.89. The fourth-order valence-corrected chi connectivity index (χ4v) is 5.23. The molecule has 1 amide bonds. The molecule has 34 heavy (non-hydrogen) atoms. The van der Waals surface area contributed by atoms with Crippen LogP contribution in [0.25, 0.3) is 5.69 Å². The number of thioether (sulfide) groups is 1. The van der Waals surface area contributed by atoms with Gasteiger partial charge in [-0.3, -0.25) is 14.3 Å². The second-order valence-electron chi connectivity index (χ2n) is 8.81. The summed E-state index contributed by atoms with van der Waals surface area (Å²) in [5, 5.41) is 9.62. The standard InChI is InChI=1S/C26H32FN5OS/c1-19(21-10-6-4-7-11-21)30(3)24(33)18-34-26-29-28-25(20(2)31-16-8-5-9-17-31)32(26)23-14-12-22(27)13-15-23/h4,6-7,10-15,19-20H,5,8-9,16-18H2,1-3H3/t19-,20-/m1/s1. The molecule has 1 aliphatic heterocycles. The van der Waals surface area contributed by atoms with Crippen molar-refractivity contribution in [3.05, 3.63) is 71.8 Å². The van der Waals surface area contributed by atoms with Crippen molar-refractivity contribution in [3.63, 3.8) is 0 Å². The number of piperidine rings is 1. The molecule has 4 rings (SSSR count). The van der Waals surface area contributed by atoms with Gasteiger partial charge in [-0.25, -0.2) is 4.39 Å². The number of likely N-dealkylation sites (tertiary alicyclic amines) is 1. The average Bonchev–Trinajstić information content (AvgIpc) is 3.31. The zero-order valence-electron chi connectivity index (χ0n) is 20.0. The molecule has 0 N–H and O–H groups in total. The van der Waals surface area contributed by atoms with Gasteiger partial charge in [0.2, 0.25) is 5.91 Å². The Hall–Kier alpha value is -2.71. The molecule has 6 nitrogen and oxygen atoms in total. The molecule has 8 heteroatoms. The fraction of sp³-hybridized carbons (Fsp3) is 0.423. The van der Waals surface area contributed by atoms with E-state index in [4.69, 9.17) is 0 Å². The van der Waals surface area contributed by atoms with Crippen LogP contribution in [0.1, 0.15) is 56.6 Å². The van der Waals surface area contributed by atoms with Gasteiger partial charge in [-0.1, -0.05) is 48.5 Å². The molecule has 0 spiro atoms. The van der Waals surface area contributed by atoms with Gasteiger partial charge in [0, 0.05) is 12.7 Å². The number of carbonyl (C=O) groups is 1. The molecule has 2 aromatic carbocycles. The lowest BCUT2D eigenvalue weighted by Gasteiger charge is -2.31. The highest BCUT2D eigenvalue weighted by atomic mass is 32.2. The van der Waals surface area contributed by atoms with E-state index in [1.54, 1.807) is 17.0 Å². The Morgan fingerprint density at radius 1 is 1.03 bits per heavy atom. The summed E-state index contributed by atoms with van der Waals surface area (Å²) in [6.07, 6.45) is 3.61. The van der Waals surface area contributed by atoms with E-state index in [0.29, 0.717) is 5.16 Å². The van der Waals surface area contributed by atoms with Gasteiger partial charge in [0.15, 0.2) is 11.0 Å². The summed E-state index contributed by atoms with van der Waals surface area (Å²) in [6, 6.07) is 16.4. The van der Waals surface area contributed by atoms with Gasteiger partial charge in [-0.05, 0) is 69.6 Å². The Labute approximate surface area is 205 Å². The molecule has 1 aromatic heterocycles. The third-order valence-corrected chi connectivity index (χ3v) is 7.55. The first-order valence-corrected chi connectivity index (χ1v) is 12.8. The highest BCUT2D eigenvalue weighted by Gasteiger charge is 2.26. The number of carbonyl (C=O) groups excluding carboxylic acids is 1. The van der Waals surface area contributed by atoms with Crippen molar-refractivity contribution in [2.24, 2.45) is 0 Å². The SMILES string of the molecule is C[C@H](c1nnc(SCC(=O)N(C)[C@H](C)c2ccccc2)n1-c1ccc(F)cc1)N1CCCCC1. The second kappa shape index (κ2) is 11.1. The van der Waals surface area contributed by atoms with E-state index < -0.39 is 0 Å². The van der Waals surface area contributed by atoms with E-state index in [-0.39, 0.29) is 29.6 Å². The molecule has 2 atom stereocenters. The molecule has 1 saturated heterocycles. The molecular weight excluding hydrogens is 449 g/mol. The molecule has 0 unspecified atom stereocenters. The van der Waals surface area contributed by atoms with Gasteiger partial charge in [-0.15, -0.1) is 10.2 Å². The first-order valence-electron chi connectivity index (χ1n) is 11.8. The lowest BCUT2D eigenvalue weighted by molar-refractivity contribution is -0.128. The van der Waals surface area contributed by atoms with E-state index in [1.165, 1.54) is 43.2 Å². The molecule has 2 heterocycles. The summed E-state index contributed by atoms with van der Waals surface area (Å²) >= 11 is 1.37. The van der Waals surface area contributed by atoms with Gasteiger partial charge >= 0.3 is 0 Å². The number of nitrogens with zero attached hydrogens (tertiary/aromatic N) is 5. The minimum Gasteiger partial charge on any atom is -0.338 e. The van der Waals surface area contributed by atoms with Crippen molar-refractivity contribution in [1.82, 2.24) is 24.6 Å². The molecule has 1 aliphatic rings. The maximum Gasteiger partial charge on any atom is 0.233 e. The minimum atomic E-state index is -0.289. The fourth-order valence-electron chi connectivity index (χ4n) is 4.35. The lowest BCUT2D eigenvalue weighted by Crippen LogP contribution is -2.33. The van der Waals surface area contributed by atoms with E-state index in [9.17, 15) is 9.18 Å². The Morgan fingerprint density at radius 2 is 1.71 bits per heavy atom. The number of hydrogen-bond donors (Lipinski definition) is 0. The van der Waals surface area contributed by atoms with Gasteiger partial charge in [0.05, 0.1) is 17.8 Å². The molecule has 0 bridgehead atoms. The van der Waals surface area contributed by atoms with Crippen LogP contribution in [0, 0.1) is 5.82 Å². The molecular formula is C26H32FN5OS. The number of amides is 1. The number of rotatable bonds is 8. The Kier molecular flexibility index (Phi) is 8.00. The van der Waals surface area contributed by atoms with Crippen LogP contribution < -0.4 is 0 Å². The van der Waals surface area contributed by atoms with E-state index in [0.717, 1.165) is 30.2 Å². The number of benzene rings is 2. The Bertz CT molecular complexity index is 1080. The smallest absolute Gasteiger partial charge is 0.233 e. The van der Waals surface area contributed by atoms with Crippen LogP contribution in [0.5, 0.6) is 0 Å². The second-order valence-corrected chi connectivity index (χ2v) is 9.75. The summed E-state index contributed by atoms with van der Waals surface area (Å²) in [5.74, 6) is 0.781. The van der Waals surface area contributed by atoms with E-state index >= 15 is 0 Å². The van der Waals surface area contributed by atoms with Gasteiger partial charge in [-0.2, -0.15) is 0 Å². The van der Waals surface area contributed by atoms with Crippen molar-refractivity contribution in [1.29, 1.82) is 0 Å². The molecule has 0 saturated carbocycles. The molecule has 0 radical (unpaired) electrons. The number of hydrogen-bond acceptors (Lipinski definition) is 5. The number of halogens is 1. The Balaban J connectivity index is 1.54. The Morgan fingerprint density at radius 3 is 2.38 bits per heavy atom. The van der Waals surface area contributed by atoms with Gasteiger partial charge < -0.3 is 4.90 Å². The minimum absolute atomic E-state index is 0.0145. The molecule has 3 aromatic rings. The normalized spacial score (nSPS) is 16.2. The first kappa shape index (κ1) is 24.4. The van der Waals surface area contributed by atoms with Crippen molar-refractivity contribution >= 4 is 17.7 Å². The van der Waals surface area contributed by atoms with E-state index in [2.05, 4.69) is 22.0 Å².